The normalized spacial score (nSPS) is 13.1. The minimum atomic E-state index is -0.408. The monoisotopic (exact) mass is 231 g/mol. The minimum Gasteiger partial charge on any atom is -0.410 e. The average Bonchev–Trinajstić information content (AvgIpc) is 2.61. The van der Waals surface area contributed by atoms with Crippen LogP contribution in [0.3, 0.4) is 0 Å². The molecule has 1 rings (SSSR count). The topological polar surface area (TPSA) is 110 Å². The molecule has 0 spiro atoms. The van der Waals surface area contributed by atoms with Crippen molar-refractivity contribution < 1.29 is 14.9 Å². The maximum absolute atomic E-state index is 10.5. The Morgan fingerprint density at radius 3 is 2.80 bits per heavy atom. The first-order chi connectivity index (χ1) is 7.00. The molecule has 0 bridgehead atoms. The Balaban J connectivity index is 2.60. The molecule has 1 heterocycles. The summed E-state index contributed by atoms with van der Waals surface area (Å²) >= 11 is 1.14. The standard InChI is InChI=1S/C8H14N4O2S/c1-4(2)6(10)7-11-12-8(14-7)15-3-5(9)13/h4,6H,3,10H2,1-2H3,(H2,9,13)/p+1. The highest BCUT2D eigenvalue weighted by atomic mass is 32.2. The van der Waals surface area contributed by atoms with Gasteiger partial charge in [-0.15, -0.1) is 10.2 Å². The van der Waals surface area contributed by atoms with Crippen LogP contribution in [0.4, 0.5) is 0 Å². The Kier molecular flexibility index (Phi) is 4.10. The number of aromatic nitrogens is 2. The molecule has 0 saturated heterocycles. The van der Waals surface area contributed by atoms with Crippen LogP contribution in [0, 0.1) is 5.92 Å². The molecule has 0 aliphatic heterocycles. The molecule has 0 aromatic carbocycles. The van der Waals surface area contributed by atoms with Gasteiger partial charge in [0.05, 0.1) is 5.75 Å². The maximum Gasteiger partial charge on any atom is 0.277 e. The van der Waals surface area contributed by atoms with Gasteiger partial charge in [-0.05, 0) is 0 Å². The molecule has 84 valence electrons. The van der Waals surface area contributed by atoms with Crippen molar-refractivity contribution in [2.75, 3.05) is 5.75 Å². The fourth-order valence-corrected chi connectivity index (χ4v) is 1.36. The fraction of sp³-hybridized carbons (Fsp3) is 0.625. The third kappa shape index (κ3) is 3.52. The third-order valence-electron chi connectivity index (χ3n) is 1.88. The summed E-state index contributed by atoms with van der Waals surface area (Å²) in [5.74, 6) is 0.566. The number of primary amides is 1. The third-order valence-corrected chi connectivity index (χ3v) is 2.72. The number of carbonyl (C=O) groups is 1. The van der Waals surface area contributed by atoms with Crippen LogP contribution in [-0.4, -0.2) is 21.9 Å². The molecule has 1 aromatic heterocycles. The summed E-state index contributed by atoms with van der Waals surface area (Å²) in [5, 5.41) is 8.01. The van der Waals surface area contributed by atoms with Crippen molar-refractivity contribution in [1.29, 1.82) is 0 Å². The van der Waals surface area contributed by atoms with Gasteiger partial charge in [-0.3, -0.25) is 4.79 Å². The number of thioether (sulfide) groups is 1. The molecular weight excluding hydrogens is 216 g/mol. The molecule has 7 heteroatoms. The van der Waals surface area contributed by atoms with Crippen LogP contribution < -0.4 is 11.5 Å². The molecule has 1 atom stereocenters. The van der Waals surface area contributed by atoms with Crippen LogP contribution >= 0.6 is 11.8 Å². The largest absolute Gasteiger partial charge is 0.410 e. The van der Waals surface area contributed by atoms with E-state index in [0.717, 1.165) is 11.8 Å². The first kappa shape index (κ1) is 12.0. The Morgan fingerprint density at radius 1 is 1.60 bits per heavy atom. The second-order valence-electron chi connectivity index (χ2n) is 3.51. The van der Waals surface area contributed by atoms with Crippen molar-refractivity contribution in [3.8, 4) is 0 Å². The first-order valence-electron chi connectivity index (χ1n) is 4.58. The van der Waals surface area contributed by atoms with E-state index in [0.29, 0.717) is 17.0 Å². The van der Waals surface area contributed by atoms with Gasteiger partial charge in [-0.1, -0.05) is 25.6 Å². The Hall–Kier alpha value is -1.08. The number of nitrogens with two attached hydrogens (primary N) is 1. The van der Waals surface area contributed by atoms with Crippen molar-refractivity contribution >= 4 is 17.7 Å². The lowest BCUT2D eigenvalue weighted by atomic mass is 10.1. The number of carbonyl (C=O) groups excluding carboxylic acids is 1. The van der Waals surface area contributed by atoms with E-state index in [9.17, 15) is 4.79 Å². The van der Waals surface area contributed by atoms with Crippen LogP contribution in [0.15, 0.2) is 9.64 Å². The van der Waals surface area contributed by atoms with Crippen LogP contribution in [-0.2, 0) is 4.79 Å². The number of nitrogens with zero attached hydrogens (tertiary/aromatic N) is 2. The highest BCUT2D eigenvalue weighted by Gasteiger charge is 2.21. The quantitative estimate of drug-likeness (QED) is 0.669. The van der Waals surface area contributed by atoms with Crippen molar-refractivity contribution in [2.24, 2.45) is 11.7 Å². The highest BCUT2D eigenvalue weighted by Crippen LogP contribution is 2.20. The summed E-state index contributed by atoms with van der Waals surface area (Å²) in [6, 6.07) is -0.0274. The second kappa shape index (κ2) is 5.13. The van der Waals surface area contributed by atoms with Gasteiger partial charge in [0.25, 0.3) is 11.1 Å². The van der Waals surface area contributed by atoms with Gasteiger partial charge in [0, 0.05) is 5.92 Å². The molecule has 0 saturated carbocycles. The van der Waals surface area contributed by atoms with E-state index in [-0.39, 0.29) is 11.8 Å². The van der Waals surface area contributed by atoms with E-state index in [2.05, 4.69) is 15.9 Å². The van der Waals surface area contributed by atoms with E-state index >= 15 is 0 Å². The number of rotatable bonds is 5. The summed E-state index contributed by atoms with van der Waals surface area (Å²) < 4.78 is 5.33. The van der Waals surface area contributed by atoms with Crippen LogP contribution in [0.2, 0.25) is 0 Å². The van der Waals surface area contributed by atoms with Crippen molar-refractivity contribution in [3.05, 3.63) is 5.89 Å². The lowest BCUT2D eigenvalue weighted by Gasteiger charge is -2.05. The Morgan fingerprint density at radius 2 is 2.27 bits per heavy atom. The number of quaternary nitrogens is 1. The van der Waals surface area contributed by atoms with E-state index < -0.39 is 5.91 Å². The van der Waals surface area contributed by atoms with E-state index in [1.54, 1.807) is 0 Å². The summed E-state index contributed by atoms with van der Waals surface area (Å²) in [5.41, 5.74) is 8.91. The van der Waals surface area contributed by atoms with Crippen molar-refractivity contribution in [1.82, 2.24) is 10.2 Å². The lowest BCUT2D eigenvalue weighted by molar-refractivity contribution is -0.443. The van der Waals surface area contributed by atoms with E-state index in [1.807, 2.05) is 13.8 Å². The van der Waals surface area contributed by atoms with Gasteiger partial charge < -0.3 is 15.9 Å². The molecule has 1 amide bonds. The molecule has 1 aromatic rings. The van der Waals surface area contributed by atoms with Gasteiger partial charge in [-0.2, -0.15) is 0 Å². The number of amides is 1. The van der Waals surface area contributed by atoms with Gasteiger partial charge in [0.2, 0.25) is 5.91 Å². The van der Waals surface area contributed by atoms with Crippen LogP contribution in [0.1, 0.15) is 25.8 Å². The van der Waals surface area contributed by atoms with Gasteiger partial charge >= 0.3 is 0 Å². The van der Waals surface area contributed by atoms with E-state index in [1.165, 1.54) is 0 Å². The average molecular weight is 231 g/mol. The van der Waals surface area contributed by atoms with Crippen molar-refractivity contribution in [2.45, 2.75) is 25.1 Å². The van der Waals surface area contributed by atoms with Crippen LogP contribution in [0.25, 0.3) is 0 Å². The molecule has 15 heavy (non-hydrogen) atoms. The minimum absolute atomic E-state index is 0.0274. The summed E-state index contributed by atoms with van der Waals surface area (Å²) in [6.45, 7) is 4.05. The van der Waals surface area contributed by atoms with Crippen LogP contribution in [0.5, 0.6) is 0 Å². The predicted molar refractivity (Wildman–Crippen MR) is 54.7 cm³/mol. The highest BCUT2D eigenvalue weighted by molar-refractivity contribution is 7.99. The molecule has 6 nitrogen and oxygen atoms in total. The molecule has 1 unspecified atom stereocenters. The first-order valence-corrected chi connectivity index (χ1v) is 5.57. The number of hydrogen-bond donors (Lipinski definition) is 2. The van der Waals surface area contributed by atoms with Gasteiger partial charge in [0.1, 0.15) is 0 Å². The molecular formula is C8H15N4O2S+. The molecule has 0 aliphatic carbocycles. The lowest BCUT2D eigenvalue weighted by Crippen LogP contribution is -2.56. The molecule has 0 radical (unpaired) electrons. The second-order valence-corrected chi connectivity index (χ2v) is 4.44. The number of hydrogen-bond acceptors (Lipinski definition) is 5. The smallest absolute Gasteiger partial charge is 0.277 e. The molecule has 0 aliphatic rings. The zero-order chi connectivity index (χ0) is 11.4. The van der Waals surface area contributed by atoms with Crippen molar-refractivity contribution in [3.63, 3.8) is 0 Å². The fourth-order valence-electron chi connectivity index (χ4n) is 0.847. The Labute approximate surface area is 91.8 Å². The zero-order valence-electron chi connectivity index (χ0n) is 8.77. The predicted octanol–water partition coefficient (Wildman–Crippen LogP) is -0.414. The van der Waals surface area contributed by atoms with E-state index in [4.69, 9.17) is 10.2 Å². The SMILES string of the molecule is CC(C)C([NH3+])c1nnc(SCC(N)=O)o1. The molecule has 0 fully saturated rings. The summed E-state index contributed by atoms with van der Waals surface area (Å²) in [7, 11) is 0. The summed E-state index contributed by atoms with van der Waals surface area (Å²) in [6.07, 6.45) is 0. The molecule has 5 N–H and O–H groups in total. The summed E-state index contributed by atoms with van der Waals surface area (Å²) in [4.78, 5) is 10.5. The maximum atomic E-state index is 10.5. The van der Waals surface area contributed by atoms with Gasteiger partial charge in [0.15, 0.2) is 6.04 Å². The van der Waals surface area contributed by atoms with Gasteiger partial charge in [-0.25, -0.2) is 0 Å². The Bertz CT molecular complexity index is 339. The zero-order valence-corrected chi connectivity index (χ0v) is 9.58.